The molecule has 0 aromatic heterocycles. The Bertz CT molecular complexity index is 773. The first-order valence-electron chi connectivity index (χ1n) is 12.0. The zero-order chi connectivity index (χ0) is 24.5. The Morgan fingerprint density at radius 3 is 2.12 bits per heavy atom. The van der Waals surface area contributed by atoms with E-state index in [1.54, 1.807) is 0 Å². The summed E-state index contributed by atoms with van der Waals surface area (Å²) in [6.45, 7) is 17.9. The third kappa shape index (κ3) is 6.53. The summed E-state index contributed by atoms with van der Waals surface area (Å²) in [7, 11) is -2.06. The van der Waals surface area contributed by atoms with Crippen LogP contribution in [-0.2, 0) is 9.22 Å². The second kappa shape index (κ2) is 12.3. The van der Waals surface area contributed by atoms with Crippen LogP contribution in [0, 0.1) is 34.0 Å². The Balaban J connectivity index is 3.43. The molecule has 0 saturated heterocycles. The molecule has 1 aliphatic carbocycles. The van der Waals surface area contributed by atoms with Gasteiger partial charge in [-0.15, -0.1) is 0 Å². The van der Waals surface area contributed by atoms with Gasteiger partial charge in [0.1, 0.15) is 6.29 Å². The molecule has 4 nitrogen and oxygen atoms in total. The van der Waals surface area contributed by atoms with Crippen molar-refractivity contribution in [3.8, 4) is 12.1 Å². The normalized spacial score (nSPS) is 27.0. The zero-order valence-corrected chi connectivity index (χ0v) is 22.3. The van der Waals surface area contributed by atoms with Crippen LogP contribution in [0.2, 0.25) is 16.6 Å². The number of carbonyl (C=O) groups is 1. The van der Waals surface area contributed by atoms with Crippen LogP contribution in [0.3, 0.4) is 0 Å². The van der Waals surface area contributed by atoms with Gasteiger partial charge >= 0.3 is 0 Å². The molecule has 0 aromatic carbocycles. The fourth-order valence-electron chi connectivity index (χ4n) is 5.22. The molecular weight excluding hydrogens is 412 g/mol. The Labute approximate surface area is 197 Å². The van der Waals surface area contributed by atoms with Crippen molar-refractivity contribution >= 4 is 14.6 Å². The highest BCUT2D eigenvalue weighted by Gasteiger charge is 2.47. The number of nitriles is 2. The van der Waals surface area contributed by atoms with Gasteiger partial charge in [0, 0.05) is 6.42 Å². The fraction of sp³-hybridized carbons (Fsp3) is 0.667. The van der Waals surface area contributed by atoms with Crippen molar-refractivity contribution in [3.05, 3.63) is 35.5 Å². The number of hydrogen-bond acceptors (Lipinski definition) is 4. The third-order valence-electron chi connectivity index (χ3n) is 7.19. The predicted molar refractivity (Wildman–Crippen MR) is 134 cm³/mol. The largest absolute Gasteiger partial charge is 0.413 e. The monoisotopic (exact) mass is 454 g/mol. The average molecular weight is 455 g/mol. The Kier molecular flexibility index (Phi) is 10.8. The van der Waals surface area contributed by atoms with Crippen LogP contribution in [0.25, 0.3) is 0 Å². The summed E-state index contributed by atoms with van der Waals surface area (Å²) in [6, 6.07) is 4.31. The molecule has 1 rings (SSSR count). The van der Waals surface area contributed by atoms with E-state index in [-0.39, 0.29) is 18.4 Å². The number of carbonyl (C=O) groups excluding carboxylic acids is 1. The second-order valence-corrected chi connectivity index (χ2v) is 15.7. The van der Waals surface area contributed by atoms with E-state index in [0.29, 0.717) is 28.6 Å². The SMILES string of the molecule is C/C1=C(/C=O)CC(C#N)(C#N)C/C=C\C=C\[C@H](C)C(O[Si](C(C)C)(C(C)C)C(C)C)CC1. The first-order chi connectivity index (χ1) is 15.0. The zero-order valence-electron chi connectivity index (χ0n) is 21.3. The van der Waals surface area contributed by atoms with Gasteiger partial charge in [-0.2, -0.15) is 10.5 Å². The molecule has 5 heteroatoms. The summed E-state index contributed by atoms with van der Waals surface area (Å²) in [4.78, 5) is 11.9. The van der Waals surface area contributed by atoms with Crippen molar-refractivity contribution < 1.29 is 9.22 Å². The Morgan fingerprint density at radius 1 is 1.09 bits per heavy atom. The number of allylic oxidation sites excluding steroid dienone is 5. The van der Waals surface area contributed by atoms with Crippen molar-refractivity contribution in [2.24, 2.45) is 11.3 Å². The number of aldehydes is 1. The topological polar surface area (TPSA) is 73.9 Å². The summed E-state index contributed by atoms with van der Waals surface area (Å²) < 4.78 is 7.16. The van der Waals surface area contributed by atoms with Crippen LogP contribution < -0.4 is 0 Å². The van der Waals surface area contributed by atoms with E-state index in [0.717, 1.165) is 24.7 Å². The van der Waals surface area contributed by atoms with Crippen LogP contribution in [0.5, 0.6) is 0 Å². The van der Waals surface area contributed by atoms with E-state index >= 15 is 0 Å². The van der Waals surface area contributed by atoms with Crippen molar-refractivity contribution in [2.45, 2.75) is 104 Å². The van der Waals surface area contributed by atoms with E-state index in [2.05, 4.69) is 66.7 Å². The number of rotatable bonds is 6. The number of nitrogens with zero attached hydrogens (tertiary/aromatic N) is 2. The molecule has 0 N–H and O–H groups in total. The van der Waals surface area contributed by atoms with Gasteiger partial charge in [0.05, 0.1) is 18.2 Å². The Morgan fingerprint density at radius 2 is 1.66 bits per heavy atom. The lowest BCUT2D eigenvalue weighted by molar-refractivity contribution is -0.105. The maximum absolute atomic E-state index is 11.9. The van der Waals surface area contributed by atoms with Crippen LogP contribution >= 0.6 is 0 Å². The quantitative estimate of drug-likeness (QED) is 0.309. The molecule has 1 aliphatic rings. The molecule has 176 valence electrons. The smallest absolute Gasteiger partial charge is 0.200 e. The summed E-state index contributed by atoms with van der Waals surface area (Å²) in [5.74, 6) is 0.215. The minimum Gasteiger partial charge on any atom is -0.413 e. The van der Waals surface area contributed by atoms with E-state index in [1.165, 1.54) is 0 Å². The molecule has 0 spiro atoms. The maximum Gasteiger partial charge on any atom is 0.200 e. The van der Waals surface area contributed by atoms with Crippen molar-refractivity contribution in [2.75, 3.05) is 0 Å². The van der Waals surface area contributed by atoms with Gasteiger partial charge in [0.25, 0.3) is 0 Å². The molecule has 1 unspecified atom stereocenters. The van der Waals surface area contributed by atoms with E-state index < -0.39 is 13.7 Å². The van der Waals surface area contributed by atoms with Crippen LogP contribution in [0.4, 0.5) is 0 Å². The van der Waals surface area contributed by atoms with Crippen LogP contribution in [0.1, 0.15) is 81.1 Å². The lowest BCUT2D eigenvalue weighted by Gasteiger charge is -2.45. The highest BCUT2D eigenvalue weighted by Crippen LogP contribution is 2.44. The van der Waals surface area contributed by atoms with Gasteiger partial charge in [0.2, 0.25) is 8.32 Å². The third-order valence-corrected chi connectivity index (χ3v) is 13.3. The molecule has 2 atom stereocenters. The summed E-state index contributed by atoms with van der Waals surface area (Å²) >= 11 is 0. The van der Waals surface area contributed by atoms with Crippen molar-refractivity contribution in [1.29, 1.82) is 10.5 Å². The number of hydrogen-bond donors (Lipinski definition) is 0. The van der Waals surface area contributed by atoms with Crippen molar-refractivity contribution in [3.63, 3.8) is 0 Å². The van der Waals surface area contributed by atoms with Gasteiger partial charge in [-0.25, -0.2) is 0 Å². The molecule has 0 aliphatic heterocycles. The molecule has 0 bridgehead atoms. The molecule has 0 heterocycles. The molecule has 0 fully saturated rings. The van der Waals surface area contributed by atoms with Crippen molar-refractivity contribution in [1.82, 2.24) is 0 Å². The standard InChI is InChI=1S/C27H42N2O2Si/c1-20(2)32(21(3)4,22(5)6)31-26-14-13-23(7)25(17-30)16-27(18-28,19-29)15-11-9-10-12-24(26)8/h9-12,17,20-22,24,26H,13-16H2,1-8H3/b11-9-,12-10+,25-23-/t24-,26?/m0/s1. The molecule has 0 aromatic rings. The minimum absolute atomic E-state index is 0.0545. The fourth-order valence-corrected chi connectivity index (χ4v) is 10.9. The highest BCUT2D eigenvalue weighted by molar-refractivity contribution is 6.77. The highest BCUT2D eigenvalue weighted by atomic mass is 28.4. The lowest BCUT2D eigenvalue weighted by atomic mass is 9.80. The molecule has 0 saturated carbocycles. The van der Waals surface area contributed by atoms with Gasteiger partial charge in [0.15, 0.2) is 5.41 Å². The minimum atomic E-state index is -2.06. The van der Waals surface area contributed by atoms with E-state index in [1.807, 2.05) is 25.2 Å². The molecule has 0 amide bonds. The van der Waals surface area contributed by atoms with Crippen LogP contribution in [-0.4, -0.2) is 20.7 Å². The Hall–Kier alpha value is -1.95. The lowest BCUT2D eigenvalue weighted by Crippen LogP contribution is -2.51. The second-order valence-electron chi connectivity index (χ2n) is 10.3. The predicted octanol–water partition coefficient (Wildman–Crippen LogP) is 7.42. The van der Waals surface area contributed by atoms with Crippen LogP contribution in [0.15, 0.2) is 35.5 Å². The molecule has 0 radical (unpaired) electrons. The molecular formula is C27H42N2O2Si. The van der Waals surface area contributed by atoms with Gasteiger partial charge in [-0.3, -0.25) is 4.79 Å². The summed E-state index contributed by atoms with van der Waals surface area (Å²) in [5, 5.41) is 19.4. The summed E-state index contributed by atoms with van der Waals surface area (Å²) in [5.41, 5.74) is 1.80. The van der Waals surface area contributed by atoms with E-state index in [4.69, 9.17) is 4.43 Å². The molecule has 32 heavy (non-hydrogen) atoms. The van der Waals surface area contributed by atoms with Gasteiger partial charge < -0.3 is 4.43 Å². The van der Waals surface area contributed by atoms with Gasteiger partial charge in [-0.1, -0.05) is 78.3 Å². The first kappa shape index (κ1) is 28.1. The summed E-state index contributed by atoms with van der Waals surface area (Å²) in [6.07, 6.45) is 10.8. The van der Waals surface area contributed by atoms with Gasteiger partial charge in [-0.05, 0) is 54.3 Å². The first-order valence-corrected chi connectivity index (χ1v) is 14.1. The average Bonchev–Trinajstić information content (AvgIpc) is 2.75. The maximum atomic E-state index is 11.9. The van der Waals surface area contributed by atoms with E-state index in [9.17, 15) is 15.3 Å².